The van der Waals surface area contributed by atoms with E-state index in [1.807, 2.05) is 0 Å². The lowest BCUT2D eigenvalue weighted by Crippen LogP contribution is -2.71. The lowest BCUT2D eigenvalue weighted by Gasteiger charge is -2.51. The number of carbonyl (C=O) groups is 3. The van der Waals surface area contributed by atoms with Crippen LogP contribution in [0.5, 0.6) is 0 Å². The molecule has 2 amide bonds. The molecule has 0 radical (unpaired) electrons. The molecule has 25 unspecified atom stereocenters. The molecular weight excluding hydrogens is 962 g/mol. The second-order valence-corrected chi connectivity index (χ2v) is 18.1. The maximum Gasteiger partial charge on any atom is 0.321 e. The summed E-state index contributed by atoms with van der Waals surface area (Å²) in [7, 11) is 0. The summed E-state index contributed by atoms with van der Waals surface area (Å²) in [6.07, 6.45) is -36.4. The summed E-state index contributed by atoms with van der Waals surface area (Å²) in [5.74, 6) is -1.91. The maximum atomic E-state index is 12.8. The molecule has 0 aliphatic carbocycles. The largest absolute Gasteiger partial charge is 0.394 e. The molecule has 0 aromatic carbocycles. The first-order valence-corrected chi connectivity index (χ1v) is 23.5. The minimum absolute atomic E-state index is 0.0305. The number of aliphatic hydroxyl groups is 12. The highest BCUT2D eigenvalue weighted by Gasteiger charge is 2.57. The van der Waals surface area contributed by atoms with Crippen LogP contribution in [0.25, 0.3) is 0 Å². The van der Waals surface area contributed by atoms with Crippen molar-refractivity contribution < 1.29 is 128 Å². The van der Waals surface area contributed by atoms with E-state index in [1.54, 1.807) is 0 Å². The molecule has 15 N–H and O–H groups in total. The average Bonchev–Trinajstić information content (AvgIpc) is 3.32. The standard InChI is InChI=1S/C42H73N3O26/c1-15-25(52)29(56)31(58)40(62-15)67-34-21(13-47)66-39(23(28(34)55)44-17(3)49)70-37-27(54)20(12-46)64-42(33(37)60)68-35-22(14-48)65-38(61-11-9-7-6-8-10-43-71-19(5)51)24(45-18(4)50)36(35)69-41-32(59)30(57)26(53)16(2)63-41/h15-16,20-43,46-48,52-60H,6-14H2,1-5H3,(H,44,49)(H,45,50). The Kier molecular flexibility index (Phi) is 22.9. The predicted molar refractivity (Wildman–Crippen MR) is 229 cm³/mol. The van der Waals surface area contributed by atoms with Crippen LogP contribution in [-0.2, 0) is 66.6 Å². The van der Waals surface area contributed by atoms with E-state index in [4.69, 9.17) is 52.2 Å². The van der Waals surface area contributed by atoms with Crippen molar-refractivity contribution in [2.45, 2.75) is 214 Å². The monoisotopic (exact) mass is 1040 g/mol. The number of hydroxylamine groups is 1. The summed E-state index contributed by atoms with van der Waals surface area (Å²) in [4.78, 5) is 41.0. The van der Waals surface area contributed by atoms with Crippen LogP contribution in [0.1, 0.15) is 60.3 Å². The van der Waals surface area contributed by atoms with Crippen LogP contribution in [0.15, 0.2) is 0 Å². The van der Waals surface area contributed by atoms with E-state index in [-0.39, 0.29) is 6.61 Å². The Hall–Kier alpha value is -2.51. The second kappa shape index (κ2) is 27.3. The fraction of sp³-hybridized carbons (Fsp3) is 0.929. The summed E-state index contributed by atoms with van der Waals surface area (Å²) >= 11 is 0. The van der Waals surface area contributed by atoms with Crippen LogP contribution in [0, 0.1) is 0 Å². The van der Waals surface area contributed by atoms with Crippen molar-refractivity contribution in [3.05, 3.63) is 0 Å². The van der Waals surface area contributed by atoms with E-state index in [2.05, 4.69) is 16.1 Å². The topological polar surface area (TPSA) is 432 Å². The van der Waals surface area contributed by atoms with Crippen LogP contribution in [0.4, 0.5) is 0 Å². The van der Waals surface area contributed by atoms with E-state index in [9.17, 15) is 75.7 Å². The Morgan fingerprint density at radius 3 is 1.46 bits per heavy atom. The molecule has 0 bridgehead atoms. The fourth-order valence-electron chi connectivity index (χ4n) is 8.85. The van der Waals surface area contributed by atoms with Crippen LogP contribution in [0.2, 0.25) is 0 Å². The maximum absolute atomic E-state index is 12.8. The normalized spacial score (nSPS) is 44.2. The summed E-state index contributed by atoms with van der Waals surface area (Å²) in [6, 6.07) is -3.04. The van der Waals surface area contributed by atoms with Crippen molar-refractivity contribution in [1.82, 2.24) is 16.1 Å². The zero-order valence-electron chi connectivity index (χ0n) is 39.9. The SMILES string of the molecule is CC(=O)NC1C(OC2C(O)C(CO)OC(OC3C(CO)OC(OCCCCCCNOC(C)=O)C(NC(C)=O)C3OC3OC(C)C(O)C(O)C3O)C2O)OC(CO)C(OC2OC(C)C(O)C(O)C2O)C1O. The average molecular weight is 1040 g/mol. The van der Waals surface area contributed by atoms with Crippen LogP contribution < -0.4 is 16.1 Å². The summed E-state index contributed by atoms with van der Waals surface area (Å²) in [6.45, 7) is 3.93. The zero-order valence-corrected chi connectivity index (χ0v) is 39.9. The van der Waals surface area contributed by atoms with Crippen molar-refractivity contribution in [3.8, 4) is 0 Å². The van der Waals surface area contributed by atoms with Gasteiger partial charge in [0.25, 0.3) is 0 Å². The van der Waals surface area contributed by atoms with E-state index in [1.165, 1.54) is 20.8 Å². The molecule has 5 rings (SSSR count). The minimum atomic E-state index is -2.13. The van der Waals surface area contributed by atoms with Gasteiger partial charge in [-0.15, -0.1) is 0 Å². The number of ether oxygens (including phenoxy) is 10. The fourth-order valence-corrected chi connectivity index (χ4v) is 8.85. The van der Waals surface area contributed by atoms with Gasteiger partial charge in [0.2, 0.25) is 11.8 Å². The first kappa shape index (κ1) is 59.4. The molecule has 5 aliphatic rings. The summed E-state index contributed by atoms with van der Waals surface area (Å²) in [5, 5.41) is 135. The molecular formula is C42H73N3O26. The number of amides is 2. The smallest absolute Gasteiger partial charge is 0.321 e. The lowest BCUT2D eigenvalue weighted by atomic mass is 9.93. The van der Waals surface area contributed by atoms with Gasteiger partial charge in [0.15, 0.2) is 31.5 Å². The van der Waals surface area contributed by atoms with E-state index < -0.39 is 191 Å². The van der Waals surface area contributed by atoms with Gasteiger partial charge in [-0.25, -0.2) is 0 Å². The third-order valence-electron chi connectivity index (χ3n) is 12.7. The molecule has 5 aliphatic heterocycles. The molecule has 25 atom stereocenters. The van der Waals surface area contributed by atoms with E-state index in [0.29, 0.717) is 32.2 Å². The Morgan fingerprint density at radius 2 is 0.915 bits per heavy atom. The van der Waals surface area contributed by atoms with Crippen LogP contribution in [0.3, 0.4) is 0 Å². The van der Waals surface area contributed by atoms with Crippen molar-refractivity contribution in [2.24, 2.45) is 0 Å². The minimum Gasteiger partial charge on any atom is -0.394 e. The molecule has 0 aromatic rings. The molecule has 5 fully saturated rings. The van der Waals surface area contributed by atoms with Gasteiger partial charge >= 0.3 is 5.97 Å². The number of carbonyl (C=O) groups excluding carboxylic acids is 3. The van der Waals surface area contributed by atoms with Gasteiger partial charge in [-0.1, -0.05) is 12.8 Å². The molecule has 29 heteroatoms. The lowest BCUT2D eigenvalue weighted by molar-refractivity contribution is -0.386. The van der Waals surface area contributed by atoms with Crippen molar-refractivity contribution in [3.63, 3.8) is 0 Å². The quantitative estimate of drug-likeness (QED) is 0.0354. The zero-order chi connectivity index (χ0) is 52.4. The van der Waals surface area contributed by atoms with Gasteiger partial charge in [0, 0.05) is 33.9 Å². The molecule has 0 spiro atoms. The highest BCUT2D eigenvalue weighted by atomic mass is 16.8. The third kappa shape index (κ3) is 14.9. The number of hydrogen-bond acceptors (Lipinski definition) is 27. The summed E-state index contributed by atoms with van der Waals surface area (Å²) in [5.41, 5.74) is 2.54. The first-order chi connectivity index (χ1) is 33.6. The Balaban J connectivity index is 1.40. The van der Waals surface area contributed by atoms with Crippen LogP contribution >= 0.6 is 0 Å². The van der Waals surface area contributed by atoms with Gasteiger partial charge < -0.3 is 124 Å². The van der Waals surface area contributed by atoms with Gasteiger partial charge in [-0.3, -0.25) is 14.4 Å². The Labute approximate surface area is 408 Å². The number of hydrogen-bond donors (Lipinski definition) is 15. The highest BCUT2D eigenvalue weighted by molar-refractivity contribution is 5.73. The Bertz CT molecular complexity index is 1660. The van der Waals surface area contributed by atoms with Gasteiger partial charge in [0.1, 0.15) is 110 Å². The van der Waals surface area contributed by atoms with Gasteiger partial charge in [-0.05, 0) is 26.7 Å². The molecule has 412 valence electrons. The van der Waals surface area contributed by atoms with E-state index >= 15 is 0 Å². The number of nitrogens with one attached hydrogen (secondary N) is 3. The van der Waals surface area contributed by atoms with Gasteiger partial charge in [-0.2, -0.15) is 5.48 Å². The molecule has 5 saturated heterocycles. The predicted octanol–water partition coefficient (Wildman–Crippen LogP) is -7.93. The van der Waals surface area contributed by atoms with Crippen molar-refractivity contribution in [2.75, 3.05) is 33.0 Å². The highest BCUT2D eigenvalue weighted by Crippen LogP contribution is 2.36. The molecule has 71 heavy (non-hydrogen) atoms. The number of unbranched alkanes of at least 4 members (excludes halogenated alkanes) is 3. The molecule has 29 nitrogen and oxygen atoms in total. The molecule has 0 aromatic heterocycles. The third-order valence-corrected chi connectivity index (χ3v) is 12.7. The molecule has 5 heterocycles. The first-order valence-electron chi connectivity index (χ1n) is 23.5. The van der Waals surface area contributed by atoms with Crippen molar-refractivity contribution >= 4 is 17.8 Å². The van der Waals surface area contributed by atoms with Crippen LogP contribution in [-0.4, -0.2) is 265 Å². The number of aliphatic hydroxyl groups excluding tert-OH is 12. The second-order valence-electron chi connectivity index (χ2n) is 18.1. The van der Waals surface area contributed by atoms with Crippen molar-refractivity contribution in [1.29, 1.82) is 0 Å². The number of rotatable bonds is 22. The molecule has 0 saturated carbocycles. The Morgan fingerprint density at radius 1 is 0.451 bits per heavy atom. The van der Waals surface area contributed by atoms with Gasteiger partial charge in [0.05, 0.1) is 32.0 Å². The van der Waals surface area contributed by atoms with E-state index in [0.717, 1.165) is 13.8 Å². The summed E-state index contributed by atoms with van der Waals surface area (Å²) < 4.78 is 59.6.